The van der Waals surface area contributed by atoms with E-state index in [9.17, 15) is 24.3 Å². The highest BCUT2D eigenvalue weighted by Crippen LogP contribution is 2.23. The number of amides is 3. The molecular formula is C23H31N3O7. The molecular weight excluding hydrogens is 430 g/mol. The minimum absolute atomic E-state index is 0.216. The van der Waals surface area contributed by atoms with Gasteiger partial charge in [-0.2, -0.15) is 0 Å². The summed E-state index contributed by atoms with van der Waals surface area (Å²) in [6.07, 6.45) is 4.58. The first-order chi connectivity index (χ1) is 15.4. The monoisotopic (exact) mass is 461 g/mol. The van der Waals surface area contributed by atoms with E-state index in [4.69, 9.17) is 11.2 Å². The summed E-state index contributed by atoms with van der Waals surface area (Å²) in [5.74, 6) is 0.461. The summed E-state index contributed by atoms with van der Waals surface area (Å²) in [6, 6.07) is 4.04. The van der Waals surface area contributed by atoms with Gasteiger partial charge < -0.3 is 30.1 Å². The van der Waals surface area contributed by atoms with Crippen LogP contribution in [-0.4, -0.2) is 72.3 Å². The maximum absolute atomic E-state index is 13.2. The molecule has 0 aromatic heterocycles. The number of hydrogen-bond acceptors (Lipinski definition) is 7. The van der Waals surface area contributed by atoms with E-state index in [-0.39, 0.29) is 6.54 Å². The predicted molar refractivity (Wildman–Crippen MR) is 120 cm³/mol. The molecule has 2 unspecified atom stereocenters. The van der Waals surface area contributed by atoms with Crippen LogP contribution in [-0.2, 0) is 23.9 Å². The number of benzene rings is 1. The maximum Gasteiger partial charge on any atom is 0.408 e. The molecule has 1 aromatic carbocycles. The van der Waals surface area contributed by atoms with E-state index in [1.807, 2.05) is 0 Å². The van der Waals surface area contributed by atoms with Gasteiger partial charge in [0.2, 0.25) is 11.8 Å². The molecule has 0 bridgehead atoms. The van der Waals surface area contributed by atoms with Crippen LogP contribution in [0, 0.1) is 12.3 Å². The molecule has 0 saturated heterocycles. The molecule has 10 nitrogen and oxygen atoms in total. The first kappa shape index (κ1) is 27.5. The molecule has 3 amide bonds. The Hall–Kier alpha value is -3.58. The van der Waals surface area contributed by atoms with E-state index in [1.54, 1.807) is 45.0 Å². The van der Waals surface area contributed by atoms with Crippen molar-refractivity contribution >= 4 is 23.9 Å². The second kappa shape index (κ2) is 12.5. The molecule has 10 heteroatoms. The van der Waals surface area contributed by atoms with Crippen LogP contribution in [0.15, 0.2) is 24.3 Å². The third-order valence-corrected chi connectivity index (χ3v) is 4.32. The Morgan fingerprint density at radius 3 is 2.27 bits per heavy atom. The second-order valence-electron chi connectivity index (χ2n) is 8.09. The number of nitrogens with zero attached hydrogens (tertiary/aromatic N) is 1. The summed E-state index contributed by atoms with van der Waals surface area (Å²) in [7, 11) is 1.18. The zero-order valence-electron chi connectivity index (χ0n) is 19.5. The molecule has 0 aliphatic carbocycles. The minimum atomic E-state index is -1.22. The molecule has 0 spiro atoms. The van der Waals surface area contributed by atoms with Crippen LogP contribution in [0.5, 0.6) is 0 Å². The molecule has 1 aromatic rings. The van der Waals surface area contributed by atoms with Gasteiger partial charge in [-0.05, 0) is 45.4 Å². The standard InChI is InChI=1S/C23H31N3O7/c1-7-16-8-10-17(11-9-16)19(20(29)24-14-18(28)32-6)26(12-13-27)21(30)15(2)25-22(31)33-23(3,4)5/h1,8-11,15,19,27H,12-14H2,2-6H3,(H,24,29)(H,25,31). The van der Waals surface area contributed by atoms with Crippen LogP contribution < -0.4 is 10.6 Å². The van der Waals surface area contributed by atoms with Crippen LogP contribution in [0.2, 0.25) is 0 Å². The van der Waals surface area contributed by atoms with Crippen LogP contribution in [0.25, 0.3) is 0 Å². The normalized spacial score (nSPS) is 12.5. The molecule has 0 fully saturated rings. The lowest BCUT2D eigenvalue weighted by molar-refractivity contribution is -0.145. The van der Waals surface area contributed by atoms with Gasteiger partial charge in [0.1, 0.15) is 24.2 Å². The summed E-state index contributed by atoms with van der Waals surface area (Å²) >= 11 is 0. The van der Waals surface area contributed by atoms with Gasteiger partial charge in [0, 0.05) is 12.1 Å². The van der Waals surface area contributed by atoms with Gasteiger partial charge >= 0.3 is 12.1 Å². The van der Waals surface area contributed by atoms with Crippen molar-refractivity contribution in [2.24, 2.45) is 0 Å². The molecule has 2 atom stereocenters. The molecule has 0 saturated carbocycles. The van der Waals surface area contributed by atoms with E-state index in [2.05, 4.69) is 21.3 Å². The molecule has 0 radical (unpaired) electrons. The lowest BCUT2D eigenvalue weighted by Gasteiger charge is -2.33. The van der Waals surface area contributed by atoms with Gasteiger partial charge in [-0.15, -0.1) is 6.42 Å². The van der Waals surface area contributed by atoms with Crippen molar-refractivity contribution in [1.82, 2.24) is 15.5 Å². The number of nitrogens with one attached hydrogen (secondary N) is 2. The average molecular weight is 462 g/mol. The topological polar surface area (TPSA) is 134 Å². The van der Waals surface area contributed by atoms with Crippen LogP contribution in [0.4, 0.5) is 4.79 Å². The summed E-state index contributed by atoms with van der Waals surface area (Å²) in [5.41, 5.74) is 0.183. The summed E-state index contributed by atoms with van der Waals surface area (Å²) in [4.78, 5) is 50.9. The Balaban J connectivity index is 3.25. The number of esters is 1. The zero-order valence-corrected chi connectivity index (χ0v) is 19.5. The third kappa shape index (κ3) is 8.82. The number of carbonyl (C=O) groups is 4. The second-order valence-corrected chi connectivity index (χ2v) is 8.09. The molecule has 0 aliphatic rings. The third-order valence-electron chi connectivity index (χ3n) is 4.32. The largest absolute Gasteiger partial charge is 0.468 e. The number of aliphatic hydroxyl groups excluding tert-OH is 1. The van der Waals surface area contributed by atoms with Crippen LogP contribution in [0.1, 0.15) is 44.9 Å². The van der Waals surface area contributed by atoms with Crippen LogP contribution >= 0.6 is 0 Å². The first-order valence-corrected chi connectivity index (χ1v) is 10.3. The summed E-state index contributed by atoms with van der Waals surface area (Å²) in [6.45, 7) is 5.39. The quantitative estimate of drug-likeness (QED) is 0.365. The van der Waals surface area contributed by atoms with E-state index in [0.29, 0.717) is 11.1 Å². The van der Waals surface area contributed by atoms with Crippen molar-refractivity contribution in [3.05, 3.63) is 35.4 Å². The highest BCUT2D eigenvalue weighted by Gasteiger charge is 2.34. The molecule has 33 heavy (non-hydrogen) atoms. The number of ether oxygens (including phenoxy) is 2. The Kier molecular flexibility index (Phi) is 10.4. The summed E-state index contributed by atoms with van der Waals surface area (Å²) in [5, 5.41) is 14.4. The van der Waals surface area contributed by atoms with E-state index in [1.165, 1.54) is 14.0 Å². The fourth-order valence-electron chi connectivity index (χ4n) is 2.83. The number of aliphatic hydroxyl groups is 1. The van der Waals surface area contributed by atoms with Crippen LogP contribution in [0.3, 0.4) is 0 Å². The van der Waals surface area contributed by atoms with Gasteiger partial charge in [-0.3, -0.25) is 14.4 Å². The zero-order chi connectivity index (χ0) is 25.2. The number of rotatable bonds is 9. The van der Waals surface area contributed by atoms with Crippen molar-refractivity contribution in [3.8, 4) is 12.3 Å². The number of methoxy groups -OCH3 is 1. The number of hydrogen-bond donors (Lipinski definition) is 3. The molecule has 1 rings (SSSR count). The van der Waals surface area contributed by atoms with Gasteiger partial charge in [-0.25, -0.2) is 4.79 Å². The van der Waals surface area contributed by atoms with Crippen molar-refractivity contribution in [1.29, 1.82) is 0 Å². The van der Waals surface area contributed by atoms with Gasteiger partial charge in [0.15, 0.2) is 0 Å². The highest BCUT2D eigenvalue weighted by atomic mass is 16.6. The van der Waals surface area contributed by atoms with E-state index < -0.39 is 54.7 Å². The van der Waals surface area contributed by atoms with E-state index in [0.717, 1.165) is 4.90 Å². The fourth-order valence-corrected chi connectivity index (χ4v) is 2.83. The Bertz CT molecular complexity index is 885. The van der Waals surface area contributed by atoms with Crippen molar-refractivity contribution in [2.75, 3.05) is 26.8 Å². The Labute approximate surface area is 193 Å². The molecule has 3 N–H and O–H groups in total. The Morgan fingerprint density at radius 1 is 1.18 bits per heavy atom. The number of terminal acetylenes is 1. The van der Waals surface area contributed by atoms with Gasteiger partial charge in [0.05, 0.1) is 13.7 Å². The molecule has 0 heterocycles. The molecule has 180 valence electrons. The highest BCUT2D eigenvalue weighted by molar-refractivity contribution is 5.93. The van der Waals surface area contributed by atoms with Crippen molar-refractivity contribution in [3.63, 3.8) is 0 Å². The predicted octanol–water partition coefficient (Wildman–Crippen LogP) is 0.732. The Morgan fingerprint density at radius 2 is 1.79 bits per heavy atom. The molecule has 0 aliphatic heterocycles. The number of alkyl carbamates (subject to hydrolysis) is 1. The lowest BCUT2D eigenvalue weighted by atomic mass is 10.0. The van der Waals surface area contributed by atoms with Gasteiger partial charge in [-0.1, -0.05) is 18.1 Å². The SMILES string of the molecule is C#Cc1ccc(C(C(=O)NCC(=O)OC)N(CCO)C(=O)C(C)NC(=O)OC(C)(C)C)cc1. The van der Waals surface area contributed by atoms with Gasteiger partial charge in [0.25, 0.3) is 0 Å². The smallest absolute Gasteiger partial charge is 0.408 e. The number of carbonyl (C=O) groups excluding carboxylic acids is 4. The van der Waals surface area contributed by atoms with Crippen molar-refractivity contribution < 1.29 is 33.8 Å². The van der Waals surface area contributed by atoms with Crippen molar-refractivity contribution in [2.45, 2.75) is 45.4 Å². The maximum atomic E-state index is 13.2. The summed E-state index contributed by atoms with van der Waals surface area (Å²) < 4.78 is 9.71. The average Bonchev–Trinajstić information content (AvgIpc) is 2.75. The van der Waals surface area contributed by atoms with E-state index >= 15 is 0 Å². The lowest BCUT2D eigenvalue weighted by Crippen LogP contribution is -2.53. The first-order valence-electron chi connectivity index (χ1n) is 10.3. The fraction of sp³-hybridized carbons (Fsp3) is 0.478. The minimum Gasteiger partial charge on any atom is -0.468 e.